The van der Waals surface area contributed by atoms with Gasteiger partial charge in [0.2, 0.25) is 5.95 Å². The van der Waals surface area contributed by atoms with Crippen LogP contribution < -0.4 is 5.32 Å². The van der Waals surface area contributed by atoms with Crippen LogP contribution >= 0.6 is 0 Å². The molecule has 3 atom stereocenters. The summed E-state index contributed by atoms with van der Waals surface area (Å²) >= 11 is 0. The number of imidazole rings is 1. The Balaban J connectivity index is 1.80. The third-order valence-electron chi connectivity index (χ3n) is 4.34. The van der Waals surface area contributed by atoms with Crippen LogP contribution in [-0.4, -0.2) is 28.3 Å². The van der Waals surface area contributed by atoms with Gasteiger partial charge in [-0.25, -0.2) is 4.98 Å². The molecule has 0 amide bonds. The molecule has 0 spiro atoms. The van der Waals surface area contributed by atoms with Crippen molar-refractivity contribution in [3.63, 3.8) is 0 Å². The highest BCUT2D eigenvalue weighted by Gasteiger charge is 2.34. The number of benzene rings is 1. The molecule has 1 fully saturated rings. The molecule has 4 nitrogen and oxygen atoms in total. The van der Waals surface area contributed by atoms with E-state index in [1.165, 1.54) is 11.9 Å². The molecule has 1 saturated heterocycles. The van der Waals surface area contributed by atoms with E-state index in [9.17, 15) is 0 Å². The van der Waals surface area contributed by atoms with Gasteiger partial charge < -0.3 is 14.6 Å². The van der Waals surface area contributed by atoms with E-state index in [0.717, 1.165) is 30.9 Å². The Morgan fingerprint density at radius 2 is 2.16 bits per heavy atom. The van der Waals surface area contributed by atoms with Gasteiger partial charge in [0.25, 0.3) is 0 Å². The molecule has 0 aliphatic carbocycles. The Hall–Kier alpha value is -1.55. The number of fused-ring (bicyclic) bond motifs is 3. The number of nitrogens with one attached hydrogen (secondary N) is 1. The van der Waals surface area contributed by atoms with Gasteiger partial charge in [0.1, 0.15) is 0 Å². The summed E-state index contributed by atoms with van der Waals surface area (Å²) in [4.78, 5) is 4.69. The van der Waals surface area contributed by atoms with Gasteiger partial charge in [0, 0.05) is 6.54 Å². The zero-order valence-corrected chi connectivity index (χ0v) is 11.2. The fourth-order valence-electron chi connectivity index (χ4n) is 3.43. The second-order valence-electron chi connectivity index (χ2n) is 5.64. The fraction of sp³-hybridized carbons (Fsp3) is 0.533. The SMILES string of the molecule is CC1CCC(C2CCNc3nc4ccccc4n32)O1. The largest absolute Gasteiger partial charge is 0.373 e. The number of para-hydroxylation sites is 2. The van der Waals surface area contributed by atoms with Gasteiger partial charge in [-0.05, 0) is 38.3 Å². The van der Waals surface area contributed by atoms with Crippen LogP contribution in [0.2, 0.25) is 0 Å². The first-order valence-electron chi connectivity index (χ1n) is 7.19. The zero-order valence-electron chi connectivity index (χ0n) is 11.2. The molecule has 1 aromatic carbocycles. The van der Waals surface area contributed by atoms with Crippen molar-refractivity contribution in [2.45, 2.75) is 44.4 Å². The predicted molar refractivity (Wildman–Crippen MR) is 75.4 cm³/mol. The lowest BCUT2D eigenvalue weighted by Gasteiger charge is -2.31. The van der Waals surface area contributed by atoms with Crippen molar-refractivity contribution in [2.75, 3.05) is 11.9 Å². The third kappa shape index (κ3) is 1.74. The van der Waals surface area contributed by atoms with Crippen molar-refractivity contribution in [1.82, 2.24) is 9.55 Å². The molecule has 2 aliphatic rings. The summed E-state index contributed by atoms with van der Waals surface area (Å²) < 4.78 is 8.45. The first-order chi connectivity index (χ1) is 9.33. The van der Waals surface area contributed by atoms with E-state index in [-0.39, 0.29) is 0 Å². The Morgan fingerprint density at radius 1 is 1.26 bits per heavy atom. The number of aromatic nitrogens is 2. The van der Waals surface area contributed by atoms with Crippen LogP contribution in [0.25, 0.3) is 11.0 Å². The van der Waals surface area contributed by atoms with E-state index in [2.05, 4.69) is 35.0 Å². The third-order valence-corrected chi connectivity index (χ3v) is 4.34. The topological polar surface area (TPSA) is 39.1 Å². The first-order valence-corrected chi connectivity index (χ1v) is 7.19. The number of nitrogens with zero attached hydrogens (tertiary/aromatic N) is 2. The van der Waals surface area contributed by atoms with E-state index >= 15 is 0 Å². The minimum absolute atomic E-state index is 0.341. The Bertz CT molecular complexity index is 606. The Kier molecular flexibility index (Phi) is 2.52. The average Bonchev–Trinajstić information content (AvgIpc) is 3.01. The number of anilines is 1. The lowest BCUT2D eigenvalue weighted by atomic mass is 10.0. The molecule has 4 rings (SSSR count). The molecule has 4 heteroatoms. The summed E-state index contributed by atoms with van der Waals surface area (Å²) in [5.41, 5.74) is 2.29. The molecular weight excluding hydrogens is 238 g/mol. The molecule has 100 valence electrons. The molecule has 19 heavy (non-hydrogen) atoms. The minimum Gasteiger partial charge on any atom is -0.373 e. The second-order valence-corrected chi connectivity index (χ2v) is 5.64. The van der Waals surface area contributed by atoms with Gasteiger partial charge in [-0.1, -0.05) is 12.1 Å². The molecule has 3 unspecified atom stereocenters. The van der Waals surface area contributed by atoms with Gasteiger partial charge in [0.15, 0.2) is 0 Å². The average molecular weight is 257 g/mol. The molecule has 3 heterocycles. The maximum Gasteiger partial charge on any atom is 0.204 e. The summed E-state index contributed by atoms with van der Waals surface area (Å²) in [5.74, 6) is 1.00. The van der Waals surface area contributed by atoms with Crippen LogP contribution in [0.15, 0.2) is 24.3 Å². The monoisotopic (exact) mass is 257 g/mol. The van der Waals surface area contributed by atoms with Crippen molar-refractivity contribution in [1.29, 1.82) is 0 Å². The van der Waals surface area contributed by atoms with Gasteiger partial charge in [-0.2, -0.15) is 0 Å². The summed E-state index contributed by atoms with van der Waals surface area (Å²) in [6.07, 6.45) is 4.20. The lowest BCUT2D eigenvalue weighted by molar-refractivity contribution is 0.0215. The van der Waals surface area contributed by atoms with Crippen molar-refractivity contribution >= 4 is 17.0 Å². The van der Waals surface area contributed by atoms with Gasteiger partial charge in [-0.15, -0.1) is 0 Å². The Morgan fingerprint density at radius 3 is 3.00 bits per heavy atom. The molecule has 0 bridgehead atoms. The maximum atomic E-state index is 6.10. The molecule has 2 aromatic rings. The highest BCUT2D eigenvalue weighted by molar-refractivity contribution is 5.79. The number of ether oxygens (including phenoxy) is 1. The highest BCUT2D eigenvalue weighted by Crippen LogP contribution is 2.37. The van der Waals surface area contributed by atoms with Crippen molar-refractivity contribution in [2.24, 2.45) is 0 Å². The fourth-order valence-corrected chi connectivity index (χ4v) is 3.43. The van der Waals surface area contributed by atoms with E-state index in [1.54, 1.807) is 0 Å². The van der Waals surface area contributed by atoms with Crippen LogP contribution in [0, 0.1) is 0 Å². The van der Waals surface area contributed by atoms with E-state index in [1.807, 2.05) is 6.07 Å². The number of hydrogen-bond donors (Lipinski definition) is 1. The molecule has 1 aromatic heterocycles. The molecular formula is C15H19N3O. The van der Waals surface area contributed by atoms with E-state index in [0.29, 0.717) is 18.2 Å². The highest BCUT2D eigenvalue weighted by atomic mass is 16.5. The summed E-state index contributed by atoms with van der Waals surface area (Å²) in [6, 6.07) is 8.79. The van der Waals surface area contributed by atoms with Gasteiger partial charge in [-0.3, -0.25) is 0 Å². The minimum atomic E-state index is 0.341. The maximum absolute atomic E-state index is 6.10. The molecule has 2 aliphatic heterocycles. The number of hydrogen-bond acceptors (Lipinski definition) is 3. The van der Waals surface area contributed by atoms with Crippen LogP contribution in [0.3, 0.4) is 0 Å². The second kappa shape index (κ2) is 4.23. The Labute approximate surface area is 112 Å². The zero-order chi connectivity index (χ0) is 12.8. The predicted octanol–water partition coefficient (Wildman–Crippen LogP) is 2.96. The van der Waals surface area contributed by atoms with Gasteiger partial charge in [0.05, 0.1) is 29.3 Å². The van der Waals surface area contributed by atoms with Crippen molar-refractivity contribution in [3.8, 4) is 0 Å². The van der Waals surface area contributed by atoms with Crippen LogP contribution in [0.1, 0.15) is 32.2 Å². The van der Waals surface area contributed by atoms with Gasteiger partial charge >= 0.3 is 0 Å². The van der Waals surface area contributed by atoms with Crippen molar-refractivity contribution < 1.29 is 4.74 Å². The summed E-state index contributed by atoms with van der Waals surface area (Å²) in [5, 5.41) is 3.41. The van der Waals surface area contributed by atoms with Crippen LogP contribution in [-0.2, 0) is 4.74 Å². The standard InChI is InChI=1S/C15H19N3O/c1-10-6-7-14(19-10)13-8-9-16-15-17-11-4-2-3-5-12(11)18(13)15/h2-5,10,13-14H,6-9H2,1H3,(H,16,17). The summed E-state index contributed by atoms with van der Waals surface area (Å²) in [6.45, 7) is 3.16. The van der Waals surface area contributed by atoms with Crippen molar-refractivity contribution in [3.05, 3.63) is 24.3 Å². The number of rotatable bonds is 1. The smallest absolute Gasteiger partial charge is 0.204 e. The van der Waals surface area contributed by atoms with E-state index < -0.39 is 0 Å². The molecule has 1 N–H and O–H groups in total. The lowest BCUT2D eigenvalue weighted by Crippen LogP contribution is -2.31. The van der Waals surface area contributed by atoms with Crippen LogP contribution in [0.5, 0.6) is 0 Å². The summed E-state index contributed by atoms with van der Waals surface area (Å²) in [7, 11) is 0. The van der Waals surface area contributed by atoms with E-state index in [4.69, 9.17) is 9.72 Å². The molecule has 0 saturated carbocycles. The quantitative estimate of drug-likeness (QED) is 0.853. The van der Waals surface area contributed by atoms with Crippen LogP contribution in [0.4, 0.5) is 5.95 Å². The normalized spacial score (nSPS) is 30.3. The first kappa shape index (κ1) is 11.3. The molecule has 0 radical (unpaired) electrons.